The van der Waals surface area contributed by atoms with E-state index in [0.717, 1.165) is 12.4 Å². The summed E-state index contributed by atoms with van der Waals surface area (Å²) in [5.74, 6) is -0.929. The number of hydrogen-bond acceptors (Lipinski definition) is 3. The van der Waals surface area contributed by atoms with E-state index >= 15 is 0 Å². The molecule has 0 saturated carbocycles. The number of carbonyl (C=O) groups excluding carboxylic acids is 1. The Labute approximate surface area is 100 Å². The lowest BCUT2D eigenvalue weighted by atomic mass is 10.2. The number of ether oxygens (including phenoxy) is 1. The Morgan fingerprint density at radius 3 is 2.71 bits per heavy atom. The van der Waals surface area contributed by atoms with Gasteiger partial charge in [0.05, 0.1) is 24.2 Å². The Kier molecular flexibility index (Phi) is 4.39. The quantitative estimate of drug-likeness (QED) is 0.790. The highest BCUT2D eigenvalue weighted by atomic mass is 35.5. The topological polar surface area (TPSA) is 44.1 Å². The van der Waals surface area contributed by atoms with Crippen molar-refractivity contribution in [2.75, 3.05) is 6.61 Å². The molecule has 0 bridgehead atoms. The zero-order valence-electron chi connectivity index (χ0n) is 8.87. The van der Waals surface area contributed by atoms with E-state index in [1.165, 1.54) is 6.92 Å². The van der Waals surface area contributed by atoms with Crippen molar-refractivity contribution in [2.24, 2.45) is 0 Å². The average Bonchev–Trinajstić information content (AvgIpc) is 2.59. The van der Waals surface area contributed by atoms with E-state index in [-0.39, 0.29) is 11.6 Å². The van der Waals surface area contributed by atoms with Gasteiger partial charge >= 0.3 is 12.1 Å². The highest BCUT2D eigenvalue weighted by Crippen LogP contribution is 2.33. The van der Waals surface area contributed by atoms with Crippen LogP contribution in [0.2, 0.25) is 5.02 Å². The van der Waals surface area contributed by atoms with Gasteiger partial charge in [0.15, 0.2) is 6.04 Å². The van der Waals surface area contributed by atoms with Crippen LogP contribution in [0.4, 0.5) is 13.2 Å². The third-order valence-electron chi connectivity index (χ3n) is 1.93. The maximum Gasteiger partial charge on any atom is 0.411 e. The average molecular weight is 271 g/mol. The van der Waals surface area contributed by atoms with Gasteiger partial charge in [-0.15, -0.1) is 0 Å². The number of nitrogens with zero attached hydrogens (tertiary/aromatic N) is 2. The summed E-state index contributed by atoms with van der Waals surface area (Å²) in [4.78, 5) is 11.1. The summed E-state index contributed by atoms with van der Waals surface area (Å²) in [5, 5.41) is 3.53. The Morgan fingerprint density at radius 2 is 2.29 bits per heavy atom. The maximum absolute atomic E-state index is 12.7. The first-order valence-corrected chi connectivity index (χ1v) is 5.14. The summed E-state index contributed by atoms with van der Waals surface area (Å²) in [6.45, 7) is 1.55. The highest BCUT2D eigenvalue weighted by Gasteiger charge is 2.43. The van der Waals surface area contributed by atoms with E-state index in [1.54, 1.807) is 0 Å². The first-order chi connectivity index (χ1) is 7.84. The van der Waals surface area contributed by atoms with Crippen molar-refractivity contribution in [3.05, 3.63) is 17.4 Å². The zero-order valence-corrected chi connectivity index (χ0v) is 9.62. The van der Waals surface area contributed by atoms with Gasteiger partial charge in [-0.2, -0.15) is 18.3 Å². The number of halogens is 4. The van der Waals surface area contributed by atoms with E-state index in [4.69, 9.17) is 11.6 Å². The van der Waals surface area contributed by atoms with Gasteiger partial charge in [-0.05, 0) is 6.92 Å². The summed E-state index contributed by atoms with van der Waals surface area (Å²) < 4.78 is 43.2. The molecule has 1 rings (SSSR count). The largest absolute Gasteiger partial charge is 0.466 e. The fourth-order valence-corrected chi connectivity index (χ4v) is 1.37. The van der Waals surface area contributed by atoms with Crippen LogP contribution in [0.15, 0.2) is 12.4 Å². The molecule has 96 valence electrons. The summed E-state index contributed by atoms with van der Waals surface area (Å²) in [6.07, 6.45) is -3.33. The van der Waals surface area contributed by atoms with Gasteiger partial charge in [0.2, 0.25) is 0 Å². The van der Waals surface area contributed by atoms with Gasteiger partial charge in [-0.3, -0.25) is 9.48 Å². The molecule has 17 heavy (non-hydrogen) atoms. The summed E-state index contributed by atoms with van der Waals surface area (Å²) in [6, 6.07) is -2.06. The van der Waals surface area contributed by atoms with E-state index in [9.17, 15) is 18.0 Å². The predicted octanol–water partition coefficient (Wildman–Crippen LogP) is 2.59. The second-order valence-electron chi connectivity index (χ2n) is 3.21. The molecule has 4 nitrogen and oxygen atoms in total. The lowest BCUT2D eigenvalue weighted by Gasteiger charge is -2.19. The number of carbonyl (C=O) groups is 1. The molecule has 0 amide bonds. The summed E-state index contributed by atoms with van der Waals surface area (Å²) in [7, 11) is 0. The second-order valence-corrected chi connectivity index (χ2v) is 3.64. The number of hydrogen-bond donors (Lipinski definition) is 0. The summed E-state index contributed by atoms with van der Waals surface area (Å²) >= 11 is 5.49. The molecule has 0 aliphatic rings. The van der Waals surface area contributed by atoms with Gasteiger partial charge in [0, 0.05) is 6.20 Å². The Bertz CT molecular complexity index is 392. The van der Waals surface area contributed by atoms with E-state index in [0.29, 0.717) is 4.68 Å². The molecule has 1 aromatic rings. The minimum atomic E-state index is -4.60. The van der Waals surface area contributed by atoms with Crippen molar-refractivity contribution >= 4 is 17.6 Å². The molecule has 0 saturated heterocycles. The van der Waals surface area contributed by atoms with Crippen LogP contribution in [-0.4, -0.2) is 28.5 Å². The van der Waals surface area contributed by atoms with E-state index in [2.05, 4.69) is 9.84 Å². The van der Waals surface area contributed by atoms with Crippen molar-refractivity contribution < 1.29 is 22.7 Å². The molecule has 1 atom stereocenters. The van der Waals surface area contributed by atoms with Crippen molar-refractivity contribution in [1.82, 2.24) is 9.78 Å². The molecule has 1 heterocycles. The van der Waals surface area contributed by atoms with Crippen molar-refractivity contribution in [3.8, 4) is 0 Å². The SMILES string of the molecule is CCOC(=O)CC(n1cc(Cl)cn1)C(F)(F)F. The molecule has 1 unspecified atom stereocenters. The minimum Gasteiger partial charge on any atom is -0.466 e. The number of rotatable bonds is 4. The molecule has 0 radical (unpaired) electrons. The van der Waals surface area contributed by atoms with Crippen LogP contribution in [0, 0.1) is 0 Å². The molecular formula is C9H10ClF3N2O2. The first kappa shape index (κ1) is 13.8. The summed E-state index contributed by atoms with van der Waals surface area (Å²) in [5.41, 5.74) is 0. The molecule has 0 fully saturated rings. The standard InChI is InChI=1S/C9H10ClF3N2O2/c1-2-17-8(16)3-7(9(11,12)13)15-5-6(10)4-14-15/h4-5,7H,2-3H2,1H3. The van der Waals surface area contributed by atoms with Gasteiger partial charge in [-0.25, -0.2) is 0 Å². The van der Waals surface area contributed by atoms with Crippen molar-refractivity contribution in [3.63, 3.8) is 0 Å². The van der Waals surface area contributed by atoms with Crippen LogP contribution >= 0.6 is 11.6 Å². The number of alkyl halides is 3. The third kappa shape index (κ3) is 3.92. The van der Waals surface area contributed by atoms with Gasteiger partial charge in [-0.1, -0.05) is 11.6 Å². The number of esters is 1. The Balaban J connectivity index is 2.86. The van der Waals surface area contributed by atoms with Crippen LogP contribution in [0.3, 0.4) is 0 Å². The van der Waals surface area contributed by atoms with E-state index in [1.807, 2.05) is 0 Å². The smallest absolute Gasteiger partial charge is 0.411 e. The number of aromatic nitrogens is 2. The zero-order chi connectivity index (χ0) is 13.1. The molecule has 1 aromatic heterocycles. The van der Waals surface area contributed by atoms with Crippen LogP contribution in [0.25, 0.3) is 0 Å². The van der Waals surface area contributed by atoms with Crippen LogP contribution < -0.4 is 0 Å². The molecule has 0 aromatic carbocycles. The van der Waals surface area contributed by atoms with Crippen LogP contribution in [0.5, 0.6) is 0 Å². The van der Waals surface area contributed by atoms with Crippen molar-refractivity contribution in [2.45, 2.75) is 25.6 Å². The molecule has 8 heteroatoms. The molecule has 0 spiro atoms. The first-order valence-electron chi connectivity index (χ1n) is 4.76. The van der Waals surface area contributed by atoms with Gasteiger partial charge < -0.3 is 4.74 Å². The molecular weight excluding hydrogens is 261 g/mol. The van der Waals surface area contributed by atoms with Crippen molar-refractivity contribution in [1.29, 1.82) is 0 Å². The Morgan fingerprint density at radius 1 is 1.65 bits per heavy atom. The normalized spacial score (nSPS) is 13.5. The minimum absolute atomic E-state index is 0.0310. The molecule has 0 aliphatic carbocycles. The fourth-order valence-electron chi connectivity index (χ4n) is 1.22. The molecule has 0 aliphatic heterocycles. The predicted molar refractivity (Wildman–Crippen MR) is 53.6 cm³/mol. The monoisotopic (exact) mass is 270 g/mol. The highest BCUT2D eigenvalue weighted by molar-refractivity contribution is 6.30. The van der Waals surface area contributed by atoms with Crippen LogP contribution in [0.1, 0.15) is 19.4 Å². The van der Waals surface area contributed by atoms with Gasteiger partial charge in [0.25, 0.3) is 0 Å². The molecule has 0 N–H and O–H groups in total. The lowest BCUT2D eigenvalue weighted by Crippen LogP contribution is -2.29. The Hall–Kier alpha value is -1.24. The maximum atomic E-state index is 12.7. The van der Waals surface area contributed by atoms with Crippen LogP contribution in [-0.2, 0) is 9.53 Å². The van der Waals surface area contributed by atoms with Gasteiger partial charge in [0.1, 0.15) is 0 Å². The van der Waals surface area contributed by atoms with E-state index < -0.39 is 24.6 Å². The fraction of sp³-hybridized carbons (Fsp3) is 0.556. The third-order valence-corrected chi connectivity index (χ3v) is 2.13. The second kappa shape index (κ2) is 5.39. The lowest BCUT2D eigenvalue weighted by molar-refractivity contribution is -0.180.